The van der Waals surface area contributed by atoms with E-state index < -0.39 is 5.97 Å². The van der Waals surface area contributed by atoms with Gasteiger partial charge in [-0.05, 0) is 24.5 Å². The Balaban J connectivity index is 1.83. The second-order valence-electron chi connectivity index (χ2n) is 6.22. The molecule has 0 aliphatic carbocycles. The molecule has 0 aliphatic rings. The average Bonchev–Trinajstić information content (AvgIpc) is 3.13. The highest BCUT2D eigenvalue weighted by Gasteiger charge is 2.23. The second kappa shape index (κ2) is 9.28. The van der Waals surface area contributed by atoms with Crippen LogP contribution in [0, 0.1) is 0 Å². The summed E-state index contributed by atoms with van der Waals surface area (Å²) in [4.78, 5) is 25.1. The molecular formula is C22H23N2O3S+. The standard InChI is InChI=1S/C22H22N2O3S/c1-3-16-10-12-24(13-11-16)14-19(25)23-21-20(22(26)27-4-2)18(15-28-21)17-8-6-5-7-9-17/h5-13,15H,3-4,14H2,1-2H3/p+1. The Morgan fingerprint density at radius 3 is 2.43 bits per heavy atom. The third kappa shape index (κ3) is 4.64. The van der Waals surface area contributed by atoms with E-state index in [1.165, 1.54) is 16.9 Å². The van der Waals surface area contributed by atoms with Gasteiger partial charge in [-0.2, -0.15) is 4.57 Å². The molecule has 144 valence electrons. The van der Waals surface area contributed by atoms with E-state index in [1.807, 2.05) is 64.8 Å². The molecule has 5 nitrogen and oxygen atoms in total. The number of thiophene rings is 1. The molecule has 0 aliphatic heterocycles. The number of amides is 1. The van der Waals surface area contributed by atoms with Gasteiger partial charge in [0.05, 0.1) is 6.61 Å². The number of carbonyl (C=O) groups is 2. The largest absolute Gasteiger partial charge is 0.462 e. The van der Waals surface area contributed by atoms with E-state index in [0.717, 1.165) is 17.5 Å². The first-order valence-corrected chi connectivity index (χ1v) is 10.1. The van der Waals surface area contributed by atoms with Crippen molar-refractivity contribution in [3.05, 3.63) is 71.4 Å². The molecule has 0 spiro atoms. The maximum atomic E-state index is 12.6. The van der Waals surface area contributed by atoms with Crippen LogP contribution >= 0.6 is 11.3 Å². The molecule has 2 heterocycles. The van der Waals surface area contributed by atoms with Gasteiger partial charge in [0.1, 0.15) is 10.6 Å². The van der Waals surface area contributed by atoms with Crippen LogP contribution in [-0.4, -0.2) is 18.5 Å². The molecule has 1 amide bonds. The summed E-state index contributed by atoms with van der Waals surface area (Å²) in [7, 11) is 0. The predicted molar refractivity (Wildman–Crippen MR) is 110 cm³/mol. The Morgan fingerprint density at radius 2 is 1.79 bits per heavy atom. The Kier molecular flexibility index (Phi) is 6.55. The van der Waals surface area contributed by atoms with Crippen molar-refractivity contribution in [3.8, 4) is 11.1 Å². The van der Waals surface area contributed by atoms with Crippen molar-refractivity contribution in [2.24, 2.45) is 0 Å². The minimum absolute atomic E-state index is 0.171. The van der Waals surface area contributed by atoms with Crippen molar-refractivity contribution in [2.75, 3.05) is 11.9 Å². The van der Waals surface area contributed by atoms with Crippen LogP contribution in [0.3, 0.4) is 0 Å². The van der Waals surface area contributed by atoms with Gasteiger partial charge in [0.15, 0.2) is 12.4 Å². The van der Waals surface area contributed by atoms with E-state index in [0.29, 0.717) is 10.6 Å². The Morgan fingerprint density at radius 1 is 1.07 bits per heavy atom. The zero-order valence-electron chi connectivity index (χ0n) is 16.0. The highest BCUT2D eigenvalue weighted by atomic mass is 32.1. The van der Waals surface area contributed by atoms with Gasteiger partial charge in [-0.1, -0.05) is 37.3 Å². The van der Waals surface area contributed by atoms with Gasteiger partial charge in [0.25, 0.3) is 5.91 Å². The van der Waals surface area contributed by atoms with Crippen LogP contribution in [0.25, 0.3) is 11.1 Å². The van der Waals surface area contributed by atoms with Gasteiger partial charge in [0.2, 0.25) is 6.54 Å². The number of pyridine rings is 1. The first kappa shape index (κ1) is 19.8. The summed E-state index contributed by atoms with van der Waals surface area (Å²) in [5.41, 5.74) is 3.29. The molecule has 0 unspecified atom stereocenters. The molecule has 0 radical (unpaired) electrons. The zero-order valence-corrected chi connectivity index (χ0v) is 16.8. The molecule has 3 aromatic rings. The fourth-order valence-electron chi connectivity index (χ4n) is 2.85. The predicted octanol–water partition coefficient (Wildman–Crippen LogP) is 4.08. The number of hydrogen-bond donors (Lipinski definition) is 1. The quantitative estimate of drug-likeness (QED) is 0.484. The maximum Gasteiger partial charge on any atom is 0.341 e. The third-order valence-corrected chi connectivity index (χ3v) is 5.20. The molecule has 6 heteroatoms. The summed E-state index contributed by atoms with van der Waals surface area (Å²) in [6, 6.07) is 13.6. The molecule has 0 atom stereocenters. The minimum Gasteiger partial charge on any atom is -0.462 e. The van der Waals surface area contributed by atoms with E-state index >= 15 is 0 Å². The maximum absolute atomic E-state index is 12.6. The van der Waals surface area contributed by atoms with Crippen molar-refractivity contribution < 1.29 is 18.9 Å². The molecule has 0 fully saturated rings. The number of nitrogens with zero attached hydrogens (tertiary/aromatic N) is 1. The fraction of sp³-hybridized carbons (Fsp3) is 0.227. The number of nitrogens with one attached hydrogen (secondary N) is 1. The number of carbonyl (C=O) groups excluding carboxylic acids is 2. The number of ether oxygens (including phenoxy) is 1. The second-order valence-corrected chi connectivity index (χ2v) is 7.10. The monoisotopic (exact) mass is 395 g/mol. The van der Waals surface area contributed by atoms with Gasteiger partial charge >= 0.3 is 5.97 Å². The smallest absolute Gasteiger partial charge is 0.341 e. The molecule has 0 bridgehead atoms. The van der Waals surface area contributed by atoms with Gasteiger partial charge in [-0.15, -0.1) is 11.3 Å². The lowest BCUT2D eigenvalue weighted by molar-refractivity contribution is -0.684. The van der Waals surface area contributed by atoms with Crippen LogP contribution in [-0.2, 0) is 22.5 Å². The third-order valence-electron chi connectivity index (χ3n) is 4.30. The lowest BCUT2D eigenvalue weighted by Crippen LogP contribution is -2.39. The van der Waals surface area contributed by atoms with E-state index in [-0.39, 0.29) is 19.1 Å². The number of anilines is 1. The van der Waals surface area contributed by atoms with Crippen LogP contribution < -0.4 is 9.88 Å². The van der Waals surface area contributed by atoms with E-state index in [4.69, 9.17) is 4.74 Å². The number of esters is 1. The topological polar surface area (TPSA) is 59.3 Å². The first-order chi connectivity index (χ1) is 13.6. The Labute approximate surface area is 168 Å². The number of aromatic nitrogens is 1. The van der Waals surface area contributed by atoms with E-state index in [2.05, 4.69) is 12.2 Å². The van der Waals surface area contributed by atoms with Crippen molar-refractivity contribution in [1.29, 1.82) is 0 Å². The van der Waals surface area contributed by atoms with Crippen LogP contribution in [0.5, 0.6) is 0 Å². The van der Waals surface area contributed by atoms with Gasteiger partial charge in [-0.25, -0.2) is 4.79 Å². The molecule has 28 heavy (non-hydrogen) atoms. The van der Waals surface area contributed by atoms with Crippen molar-refractivity contribution >= 4 is 28.2 Å². The van der Waals surface area contributed by atoms with Gasteiger partial charge in [-0.3, -0.25) is 4.79 Å². The van der Waals surface area contributed by atoms with Gasteiger partial charge < -0.3 is 10.1 Å². The van der Waals surface area contributed by atoms with Crippen LogP contribution in [0.4, 0.5) is 5.00 Å². The summed E-state index contributed by atoms with van der Waals surface area (Å²) in [6.45, 7) is 4.30. The number of rotatable bonds is 7. The number of aryl methyl sites for hydroxylation is 1. The van der Waals surface area contributed by atoms with E-state index in [9.17, 15) is 9.59 Å². The molecule has 1 N–H and O–H groups in total. The molecule has 1 aromatic carbocycles. The summed E-state index contributed by atoms with van der Waals surface area (Å²) in [6.07, 6.45) is 4.72. The van der Waals surface area contributed by atoms with Crippen LogP contribution in [0.2, 0.25) is 0 Å². The number of benzene rings is 1. The van der Waals surface area contributed by atoms with Crippen molar-refractivity contribution in [2.45, 2.75) is 26.8 Å². The normalized spacial score (nSPS) is 10.5. The molecule has 0 saturated heterocycles. The average molecular weight is 396 g/mol. The minimum atomic E-state index is -0.433. The van der Waals surface area contributed by atoms with Crippen molar-refractivity contribution in [3.63, 3.8) is 0 Å². The lowest BCUT2D eigenvalue weighted by atomic mass is 10.0. The molecule has 3 rings (SSSR count). The molecule has 0 saturated carbocycles. The van der Waals surface area contributed by atoms with Crippen LogP contribution in [0.15, 0.2) is 60.2 Å². The van der Waals surface area contributed by atoms with E-state index in [1.54, 1.807) is 6.92 Å². The summed E-state index contributed by atoms with van der Waals surface area (Å²) in [5, 5.41) is 5.26. The van der Waals surface area contributed by atoms with Crippen molar-refractivity contribution in [1.82, 2.24) is 0 Å². The summed E-state index contributed by atoms with van der Waals surface area (Å²) < 4.78 is 7.04. The summed E-state index contributed by atoms with van der Waals surface area (Å²) in [5.74, 6) is -0.626. The SMILES string of the molecule is CCOC(=O)c1c(-c2ccccc2)csc1NC(=O)C[n+]1ccc(CC)cc1. The molecular weight excluding hydrogens is 372 g/mol. The van der Waals surface area contributed by atoms with Gasteiger partial charge in [0, 0.05) is 23.1 Å². The number of hydrogen-bond acceptors (Lipinski definition) is 4. The lowest BCUT2D eigenvalue weighted by Gasteiger charge is -2.08. The fourth-order valence-corrected chi connectivity index (χ4v) is 3.82. The zero-order chi connectivity index (χ0) is 19.9. The summed E-state index contributed by atoms with van der Waals surface area (Å²) >= 11 is 1.33. The Bertz CT molecular complexity index is 950. The molecule has 2 aromatic heterocycles. The highest BCUT2D eigenvalue weighted by molar-refractivity contribution is 7.15. The highest BCUT2D eigenvalue weighted by Crippen LogP contribution is 2.36. The van der Waals surface area contributed by atoms with Crippen LogP contribution in [0.1, 0.15) is 29.8 Å². The first-order valence-electron chi connectivity index (χ1n) is 9.24. The Hall–Kier alpha value is -2.99.